The molecule has 0 saturated carbocycles. The van der Waals surface area contributed by atoms with Crippen molar-refractivity contribution in [2.75, 3.05) is 0 Å². The SMILES string of the molecule is CCC(C)c1ccc(-c2ccc(-c3ccc(-c4ccc(-c5ccc(-c6ccc(C(C)(C)CC)[nH]6)[nH]5)[nH]4)[nH]3)[nH]2)[nH]1. The minimum Gasteiger partial charge on any atom is -0.357 e. The molecule has 6 nitrogen and oxygen atoms in total. The van der Waals surface area contributed by atoms with E-state index >= 15 is 0 Å². The maximum atomic E-state index is 3.60. The van der Waals surface area contributed by atoms with Gasteiger partial charge in [-0.2, -0.15) is 0 Å². The fourth-order valence-corrected chi connectivity index (χ4v) is 5.05. The Hall–Kier alpha value is -4.32. The lowest BCUT2D eigenvalue weighted by atomic mass is 9.87. The zero-order valence-corrected chi connectivity index (χ0v) is 23.4. The molecule has 0 aliphatic carbocycles. The monoisotopic (exact) mass is 518 g/mol. The van der Waals surface area contributed by atoms with Crippen molar-refractivity contribution in [2.45, 2.75) is 58.8 Å². The van der Waals surface area contributed by atoms with Gasteiger partial charge in [-0.25, -0.2) is 0 Å². The van der Waals surface area contributed by atoms with E-state index in [1.54, 1.807) is 0 Å². The van der Waals surface area contributed by atoms with Crippen molar-refractivity contribution in [3.63, 3.8) is 0 Å². The van der Waals surface area contributed by atoms with Crippen molar-refractivity contribution in [2.24, 2.45) is 0 Å². The molecule has 6 aromatic rings. The topological polar surface area (TPSA) is 94.7 Å². The molecular weight excluding hydrogens is 480 g/mol. The first-order valence-electron chi connectivity index (χ1n) is 14.0. The molecule has 6 heteroatoms. The van der Waals surface area contributed by atoms with Gasteiger partial charge in [0.15, 0.2) is 0 Å². The molecule has 0 bridgehead atoms. The average molecular weight is 519 g/mol. The molecule has 0 aliphatic heterocycles. The molecular formula is C33H38N6. The van der Waals surface area contributed by atoms with E-state index in [4.69, 9.17) is 0 Å². The van der Waals surface area contributed by atoms with Crippen LogP contribution in [0.4, 0.5) is 0 Å². The minimum atomic E-state index is 0.136. The van der Waals surface area contributed by atoms with Gasteiger partial charge >= 0.3 is 0 Å². The van der Waals surface area contributed by atoms with Crippen molar-refractivity contribution in [1.82, 2.24) is 29.9 Å². The van der Waals surface area contributed by atoms with Crippen LogP contribution >= 0.6 is 0 Å². The Morgan fingerprint density at radius 3 is 1.21 bits per heavy atom. The Bertz CT molecular complexity index is 1690. The number of aromatic nitrogens is 6. The van der Waals surface area contributed by atoms with Crippen molar-refractivity contribution in [3.8, 4) is 56.9 Å². The van der Waals surface area contributed by atoms with E-state index in [0.717, 1.165) is 69.8 Å². The van der Waals surface area contributed by atoms with Crippen LogP contribution in [0.1, 0.15) is 64.8 Å². The second-order valence-electron chi connectivity index (χ2n) is 11.3. The molecule has 0 spiro atoms. The van der Waals surface area contributed by atoms with E-state index in [2.05, 4.69) is 137 Å². The summed E-state index contributed by atoms with van der Waals surface area (Å²) in [6, 6.07) is 25.7. The van der Waals surface area contributed by atoms with E-state index in [1.807, 2.05) is 0 Å². The molecule has 0 aliphatic rings. The summed E-state index contributed by atoms with van der Waals surface area (Å²) in [6.07, 6.45) is 2.21. The van der Waals surface area contributed by atoms with Gasteiger partial charge in [-0.05, 0) is 91.6 Å². The maximum Gasteiger partial charge on any atom is 0.0624 e. The van der Waals surface area contributed by atoms with Crippen LogP contribution in [0, 0.1) is 0 Å². The summed E-state index contributed by atoms with van der Waals surface area (Å²) in [4.78, 5) is 21.5. The number of aromatic amines is 6. The highest BCUT2D eigenvalue weighted by Gasteiger charge is 2.20. The lowest BCUT2D eigenvalue weighted by Crippen LogP contribution is -2.15. The summed E-state index contributed by atoms with van der Waals surface area (Å²) in [6.45, 7) is 11.2. The number of nitrogens with one attached hydrogen (secondary N) is 6. The van der Waals surface area contributed by atoms with E-state index < -0.39 is 0 Å². The average Bonchev–Trinajstić information content (AvgIpc) is 3.79. The number of rotatable bonds is 9. The zero-order chi connectivity index (χ0) is 27.1. The standard InChI is InChI=1S/C33H38N6/c1-6-20(3)21-8-9-22(34-21)23-10-11-24(35-23)25-12-13-26(36-25)27-14-15-28(37-27)29-16-17-30(38-29)31-18-19-32(39-31)33(4,5)7-2/h8-20,34-39H,6-7H2,1-5H3. The van der Waals surface area contributed by atoms with Crippen LogP contribution in [0.5, 0.6) is 0 Å². The molecule has 200 valence electrons. The van der Waals surface area contributed by atoms with E-state index in [-0.39, 0.29) is 5.41 Å². The third-order valence-corrected chi connectivity index (χ3v) is 8.35. The largest absolute Gasteiger partial charge is 0.357 e. The summed E-state index contributed by atoms with van der Waals surface area (Å²) < 4.78 is 0. The van der Waals surface area contributed by atoms with Crippen molar-refractivity contribution in [3.05, 3.63) is 84.2 Å². The molecule has 6 rings (SSSR count). The van der Waals surface area contributed by atoms with E-state index in [1.165, 1.54) is 11.4 Å². The van der Waals surface area contributed by atoms with Gasteiger partial charge in [0.1, 0.15) is 0 Å². The predicted molar refractivity (Wildman–Crippen MR) is 162 cm³/mol. The normalized spacial score (nSPS) is 12.8. The van der Waals surface area contributed by atoms with Crippen LogP contribution < -0.4 is 0 Å². The zero-order valence-electron chi connectivity index (χ0n) is 23.4. The van der Waals surface area contributed by atoms with Gasteiger partial charge in [0.05, 0.1) is 56.9 Å². The highest BCUT2D eigenvalue weighted by atomic mass is 14.9. The van der Waals surface area contributed by atoms with Crippen LogP contribution in [0.3, 0.4) is 0 Å². The van der Waals surface area contributed by atoms with Gasteiger partial charge in [-0.3, -0.25) is 0 Å². The van der Waals surface area contributed by atoms with Crippen molar-refractivity contribution < 1.29 is 0 Å². The Labute approximate surface area is 229 Å². The predicted octanol–water partition coefficient (Wildman–Crippen LogP) is 9.19. The highest BCUT2D eigenvalue weighted by Crippen LogP contribution is 2.32. The fourth-order valence-electron chi connectivity index (χ4n) is 5.05. The Balaban J connectivity index is 1.18. The lowest BCUT2D eigenvalue weighted by molar-refractivity contribution is 0.493. The smallest absolute Gasteiger partial charge is 0.0624 e. The Morgan fingerprint density at radius 1 is 0.487 bits per heavy atom. The summed E-state index contributed by atoms with van der Waals surface area (Å²) in [5, 5.41) is 0. The Kier molecular flexibility index (Phi) is 6.26. The number of hydrogen-bond acceptors (Lipinski definition) is 0. The van der Waals surface area contributed by atoms with Gasteiger partial charge in [-0.1, -0.05) is 34.6 Å². The van der Waals surface area contributed by atoms with Crippen LogP contribution in [-0.2, 0) is 5.41 Å². The second kappa shape index (κ2) is 9.77. The first-order valence-corrected chi connectivity index (χ1v) is 14.0. The molecule has 0 fully saturated rings. The van der Waals surface area contributed by atoms with E-state index in [9.17, 15) is 0 Å². The molecule has 6 heterocycles. The van der Waals surface area contributed by atoms with Gasteiger partial charge in [0.25, 0.3) is 0 Å². The summed E-state index contributed by atoms with van der Waals surface area (Å²) in [7, 11) is 0. The van der Waals surface area contributed by atoms with Crippen molar-refractivity contribution >= 4 is 0 Å². The molecule has 1 unspecified atom stereocenters. The van der Waals surface area contributed by atoms with Gasteiger partial charge in [0, 0.05) is 16.8 Å². The van der Waals surface area contributed by atoms with Gasteiger partial charge in [-0.15, -0.1) is 0 Å². The molecule has 0 saturated heterocycles. The third kappa shape index (κ3) is 4.71. The van der Waals surface area contributed by atoms with Crippen LogP contribution in [-0.4, -0.2) is 29.9 Å². The van der Waals surface area contributed by atoms with E-state index in [0.29, 0.717) is 5.92 Å². The Morgan fingerprint density at radius 2 is 0.821 bits per heavy atom. The molecule has 0 radical (unpaired) electrons. The summed E-state index contributed by atoms with van der Waals surface area (Å²) in [5.41, 5.74) is 13.4. The van der Waals surface area contributed by atoms with Crippen LogP contribution in [0.15, 0.2) is 72.8 Å². The molecule has 1 atom stereocenters. The lowest BCUT2D eigenvalue weighted by Gasteiger charge is -2.20. The summed E-state index contributed by atoms with van der Waals surface area (Å²) in [5.74, 6) is 0.530. The molecule has 6 N–H and O–H groups in total. The fraction of sp³-hybridized carbons (Fsp3) is 0.273. The van der Waals surface area contributed by atoms with Gasteiger partial charge < -0.3 is 29.9 Å². The van der Waals surface area contributed by atoms with Gasteiger partial charge in [0.2, 0.25) is 0 Å². The quantitative estimate of drug-likeness (QED) is 0.110. The second-order valence-corrected chi connectivity index (χ2v) is 11.3. The van der Waals surface area contributed by atoms with Crippen LogP contribution in [0.25, 0.3) is 56.9 Å². The number of hydrogen-bond donors (Lipinski definition) is 6. The first-order chi connectivity index (χ1) is 18.8. The molecule has 0 aromatic carbocycles. The first kappa shape index (κ1) is 25.0. The highest BCUT2D eigenvalue weighted by molar-refractivity contribution is 5.71. The summed E-state index contributed by atoms with van der Waals surface area (Å²) >= 11 is 0. The van der Waals surface area contributed by atoms with Crippen molar-refractivity contribution in [1.29, 1.82) is 0 Å². The molecule has 39 heavy (non-hydrogen) atoms. The maximum absolute atomic E-state index is 3.60. The number of H-pyrrole nitrogens is 6. The van der Waals surface area contributed by atoms with Crippen LogP contribution in [0.2, 0.25) is 0 Å². The third-order valence-electron chi connectivity index (χ3n) is 8.35. The molecule has 0 amide bonds. The molecule has 6 aromatic heterocycles. The minimum absolute atomic E-state index is 0.136.